The first kappa shape index (κ1) is 26.4. The molecule has 0 aliphatic rings. The molecule has 4 aromatic rings. The van der Waals surface area contributed by atoms with Gasteiger partial charge in [-0.15, -0.1) is 6.42 Å². The van der Waals surface area contributed by atoms with Crippen LogP contribution in [0.3, 0.4) is 0 Å². The van der Waals surface area contributed by atoms with E-state index in [4.69, 9.17) is 6.42 Å². The maximum Gasteiger partial charge on any atom is 0.252 e. The summed E-state index contributed by atoms with van der Waals surface area (Å²) in [5.41, 5.74) is 6.12. The van der Waals surface area contributed by atoms with Gasteiger partial charge in [0, 0.05) is 49.1 Å². The maximum atomic E-state index is 13.4. The molecule has 0 saturated carbocycles. The minimum absolute atomic E-state index is 0.142. The summed E-state index contributed by atoms with van der Waals surface area (Å²) in [4.78, 5) is 25.4. The van der Waals surface area contributed by atoms with Crippen LogP contribution in [0.2, 0.25) is 0 Å². The van der Waals surface area contributed by atoms with E-state index in [0.717, 1.165) is 40.1 Å². The summed E-state index contributed by atoms with van der Waals surface area (Å²) in [6, 6.07) is 15.3. The molecule has 0 aliphatic heterocycles. The molecule has 8 nitrogen and oxygen atoms in total. The summed E-state index contributed by atoms with van der Waals surface area (Å²) in [6.07, 6.45) is 11.7. The summed E-state index contributed by atoms with van der Waals surface area (Å²) in [6.45, 7) is 4.99. The molecule has 0 spiro atoms. The molecular formula is C30H32N6O2. The molecule has 2 aromatic carbocycles. The van der Waals surface area contributed by atoms with E-state index in [9.17, 15) is 9.59 Å². The fraction of sp³-hybridized carbons (Fsp3) is 0.267. The highest BCUT2D eigenvalue weighted by atomic mass is 16.2. The highest BCUT2D eigenvalue weighted by Gasteiger charge is 2.18. The highest BCUT2D eigenvalue weighted by molar-refractivity contribution is 5.96. The van der Waals surface area contributed by atoms with Gasteiger partial charge in [-0.1, -0.05) is 24.1 Å². The largest absolute Gasteiger partial charge is 0.346 e. The molecule has 0 aliphatic carbocycles. The zero-order chi connectivity index (χ0) is 27.1. The molecule has 2 aromatic heterocycles. The van der Waals surface area contributed by atoms with Crippen molar-refractivity contribution in [3.8, 4) is 34.7 Å². The Morgan fingerprint density at radius 3 is 2.61 bits per heavy atom. The van der Waals surface area contributed by atoms with E-state index in [0.29, 0.717) is 12.0 Å². The van der Waals surface area contributed by atoms with Crippen molar-refractivity contribution in [3.05, 3.63) is 83.8 Å². The van der Waals surface area contributed by atoms with Crippen LogP contribution < -0.4 is 10.6 Å². The van der Waals surface area contributed by atoms with Crippen molar-refractivity contribution >= 4 is 11.8 Å². The number of carbonyl (C=O) groups is 2. The lowest BCUT2D eigenvalue weighted by atomic mass is 9.96. The van der Waals surface area contributed by atoms with Gasteiger partial charge in [0.1, 0.15) is 0 Å². The van der Waals surface area contributed by atoms with E-state index in [1.807, 2.05) is 68.4 Å². The number of hydrogen-bond acceptors (Lipinski definition) is 4. The summed E-state index contributed by atoms with van der Waals surface area (Å²) in [5, 5.41) is 14.8. The predicted octanol–water partition coefficient (Wildman–Crippen LogP) is 4.14. The number of nitrogens with zero attached hydrogens (tertiary/aromatic N) is 4. The molecule has 2 amide bonds. The van der Waals surface area contributed by atoms with Crippen molar-refractivity contribution in [1.82, 2.24) is 30.2 Å². The normalized spacial score (nSPS) is 11.5. The number of rotatable bonds is 10. The van der Waals surface area contributed by atoms with Crippen molar-refractivity contribution in [2.45, 2.75) is 39.3 Å². The summed E-state index contributed by atoms with van der Waals surface area (Å²) in [7, 11) is 1.89. The lowest BCUT2D eigenvalue weighted by Gasteiger charge is -2.18. The molecule has 0 saturated heterocycles. The van der Waals surface area contributed by atoms with Gasteiger partial charge >= 0.3 is 0 Å². The molecule has 2 heterocycles. The van der Waals surface area contributed by atoms with Crippen molar-refractivity contribution in [2.75, 3.05) is 6.54 Å². The molecule has 0 unspecified atom stereocenters. The first-order valence-corrected chi connectivity index (χ1v) is 12.6. The second kappa shape index (κ2) is 12.1. The van der Waals surface area contributed by atoms with Crippen LogP contribution in [0.1, 0.15) is 47.8 Å². The van der Waals surface area contributed by atoms with Crippen LogP contribution in [0.15, 0.2) is 67.1 Å². The van der Waals surface area contributed by atoms with Gasteiger partial charge in [-0.2, -0.15) is 10.2 Å². The highest BCUT2D eigenvalue weighted by Crippen LogP contribution is 2.30. The third-order valence-electron chi connectivity index (χ3n) is 6.37. The summed E-state index contributed by atoms with van der Waals surface area (Å²) < 4.78 is 3.66. The molecule has 0 bridgehead atoms. The second-order valence-electron chi connectivity index (χ2n) is 9.14. The van der Waals surface area contributed by atoms with Crippen LogP contribution in [0, 0.1) is 12.3 Å². The van der Waals surface area contributed by atoms with E-state index in [-0.39, 0.29) is 30.8 Å². The summed E-state index contributed by atoms with van der Waals surface area (Å²) >= 11 is 0. The van der Waals surface area contributed by atoms with Gasteiger partial charge in [0.15, 0.2) is 0 Å². The average molecular weight is 509 g/mol. The zero-order valence-electron chi connectivity index (χ0n) is 21.9. The molecule has 2 N–H and O–H groups in total. The van der Waals surface area contributed by atoms with Gasteiger partial charge in [0.25, 0.3) is 5.91 Å². The zero-order valence-corrected chi connectivity index (χ0v) is 21.9. The Balaban J connectivity index is 1.58. The molecule has 0 radical (unpaired) electrons. The van der Waals surface area contributed by atoms with E-state index < -0.39 is 0 Å². The van der Waals surface area contributed by atoms with Crippen molar-refractivity contribution in [3.63, 3.8) is 0 Å². The topological polar surface area (TPSA) is 93.8 Å². The third-order valence-corrected chi connectivity index (χ3v) is 6.37. The lowest BCUT2D eigenvalue weighted by molar-refractivity contribution is -0.120. The van der Waals surface area contributed by atoms with Gasteiger partial charge < -0.3 is 10.6 Å². The molecular weight excluding hydrogens is 476 g/mol. The number of benzene rings is 2. The van der Waals surface area contributed by atoms with Crippen molar-refractivity contribution in [1.29, 1.82) is 0 Å². The smallest absolute Gasteiger partial charge is 0.252 e. The van der Waals surface area contributed by atoms with Crippen LogP contribution in [0.5, 0.6) is 0 Å². The molecule has 0 fully saturated rings. The number of terminal acetylenes is 1. The fourth-order valence-electron chi connectivity index (χ4n) is 4.28. The number of nitrogens with one attached hydrogen (secondary N) is 2. The van der Waals surface area contributed by atoms with E-state index in [1.165, 1.54) is 0 Å². The predicted molar refractivity (Wildman–Crippen MR) is 148 cm³/mol. The van der Waals surface area contributed by atoms with Crippen molar-refractivity contribution < 1.29 is 9.59 Å². The number of amides is 2. The molecule has 8 heteroatoms. The molecule has 38 heavy (non-hydrogen) atoms. The van der Waals surface area contributed by atoms with Crippen LogP contribution >= 0.6 is 0 Å². The minimum atomic E-state index is -0.280. The van der Waals surface area contributed by atoms with Gasteiger partial charge in [-0.25, -0.2) is 0 Å². The van der Waals surface area contributed by atoms with Crippen LogP contribution in [-0.2, 0) is 24.8 Å². The number of aryl methyl sites for hydroxylation is 3. The van der Waals surface area contributed by atoms with Gasteiger partial charge in [-0.05, 0) is 67.3 Å². The van der Waals surface area contributed by atoms with Crippen molar-refractivity contribution in [2.24, 2.45) is 7.05 Å². The standard InChI is InChI=1S/C30H32N6O2/c1-5-14-31-29(37)12-11-22-9-7-8-10-27(22)30(38)33-21(3)23-16-24(26-19-32-35(4)20-26)18-25(17-23)28-13-15-36(6-2)34-28/h1,7-10,13,15-21H,6,11-12,14H2,2-4H3,(H,31,37)(H,33,38)/t21-/m1/s1. The SMILES string of the molecule is C#CCNC(=O)CCc1ccccc1C(=O)N[C@H](C)c1cc(-c2cnn(C)c2)cc(-c2ccn(CC)n2)c1. The minimum Gasteiger partial charge on any atom is -0.346 e. The Morgan fingerprint density at radius 1 is 1.11 bits per heavy atom. The molecule has 4 rings (SSSR count). The molecule has 194 valence electrons. The van der Waals surface area contributed by atoms with Gasteiger partial charge in [0.2, 0.25) is 5.91 Å². The first-order chi connectivity index (χ1) is 18.4. The van der Waals surface area contributed by atoms with E-state index >= 15 is 0 Å². The molecule has 1 atom stereocenters. The number of aromatic nitrogens is 4. The Morgan fingerprint density at radius 2 is 1.89 bits per heavy atom. The first-order valence-electron chi connectivity index (χ1n) is 12.6. The van der Waals surface area contributed by atoms with E-state index in [1.54, 1.807) is 10.7 Å². The Kier molecular flexibility index (Phi) is 8.39. The van der Waals surface area contributed by atoms with Crippen LogP contribution in [-0.4, -0.2) is 37.9 Å². The Hall–Kier alpha value is -4.64. The number of carbonyl (C=O) groups excluding carboxylic acids is 2. The monoisotopic (exact) mass is 508 g/mol. The van der Waals surface area contributed by atoms with E-state index in [2.05, 4.69) is 45.0 Å². The number of hydrogen-bond donors (Lipinski definition) is 2. The summed E-state index contributed by atoms with van der Waals surface area (Å²) in [5.74, 6) is 2.06. The Bertz CT molecular complexity index is 1480. The van der Waals surface area contributed by atoms with Crippen LogP contribution in [0.4, 0.5) is 0 Å². The second-order valence-corrected chi connectivity index (χ2v) is 9.14. The Labute approximate surface area is 223 Å². The van der Waals surface area contributed by atoms with Crippen LogP contribution in [0.25, 0.3) is 22.4 Å². The quantitative estimate of drug-likeness (QED) is 0.315. The fourth-order valence-corrected chi connectivity index (χ4v) is 4.28. The average Bonchev–Trinajstić information content (AvgIpc) is 3.60. The van der Waals surface area contributed by atoms with Gasteiger partial charge in [-0.3, -0.25) is 19.0 Å². The third kappa shape index (κ3) is 6.37. The maximum absolute atomic E-state index is 13.4. The lowest BCUT2D eigenvalue weighted by Crippen LogP contribution is -2.28. The van der Waals surface area contributed by atoms with Gasteiger partial charge in [0.05, 0.1) is 24.5 Å².